The highest BCUT2D eigenvalue weighted by atomic mass is 16.6. The molecule has 0 N–H and O–H groups in total. The highest BCUT2D eigenvalue weighted by molar-refractivity contribution is 5.89. The van der Waals surface area contributed by atoms with Crippen LogP contribution in [0.3, 0.4) is 0 Å². The molecule has 0 unspecified atom stereocenters. The Kier molecular flexibility index (Phi) is 4.92. The maximum atomic E-state index is 11.4. The van der Waals surface area contributed by atoms with E-state index in [0.717, 1.165) is 22.4 Å². The molecular formula is C24H17N3O5. The number of hydrogen-bond acceptors (Lipinski definition) is 8. The third-order valence-corrected chi connectivity index (χ3v) is 5.20. The van der Waals surface area contributed by atoms with Gasteiger partial charge < -0.3 is 18.6 Å². The number of aldehydes is 1. The first kappa shape index (κ1) is 19.6. The fourth-order valence-electron chi connectivity index (χ4n) is 3.67. The van der Waals surface area contributed by atoms with Crippen molar-refractivity contribution in [3.05, 3.63) is 53.7 Å². The van der Waals surface area contributed by atoms with E-state index in [-0.39, 0.29) is 12.4 Å². The Morgan fingerprint density at radius 1 is 1.16 bits per heavy atom. The van der Waals surface area contributed by atoms with Crippen molar-refractivity contribution < 1.29 is 23.4 Å². The average Bonchev–Trinajstić information content (AvgIpc) is 3.24. The van der Waals surface area contributed by atoms with Crippen LogP contribution in [0, 0.1) is 18.3 Å². The number of nitrogens with zero attached hydrogens (tertiary/aromatic N) is 3. The number of ether oxygens (including phenoxy) is 3. The first-order valence-electron chi connectivity index (χ1n) is 9.93. The number of pyridine rings is 1. The molecule has 0 aliphatic carbocycles. The van der Waals surface area contributed by atoms with E-state index in [2.05, 4.69) is 9.97 Å². The Hall–Kier alpha value is -4.38. The van der Waals surface area contributed by atoms with Crippen LogP contribution in [0.15, 0.2) is 47.0 Å². The number of benzene rings is 2. The van der Waals surface area contributed by atoms with Crippen LogP contribution in [0.1, 0.15) is 15.9 Å². The van der Waals surface area contributed by atoms with Crippen LogP contribution in [0.4, 0.5) is 0 Å². The predicted molar refractivity (Wildman–Crippen MR) is 115 cm³/mol. The first-order valence-corrected chi connectivity index (χ1v) is 9.93. The predicted octanol–water partition coefficient (Wildman–Crippen LogP) is 4.35. The maximum Gasteiger partial charge on any atom is 0.246 e. The minimum absolute atomic E-state index is 0.175. The number of aromatic nitrogens is 2. The van der Waals surface area contributed by atoms with Crippen molar-refractivity contribution in [1.82, 2.24) is 9.97 Å². The molecule has 0 amide bonds. The summed E-state index contributed by atoms with van der Waals surface area (Å²) in [5, 5.41) is 8.75. The minimum atomic E-state index is -0.175. The largest absolute Gasteiger partial charge is 0.486 e. The molecule has 2 aromatic heterocycles. The van der Waals surface area contributed by atoms with Crippen LogP contribution in [-0.2, 0) is 0 Å². The summed E-state index contributed by atoms with van der Waals surface area (Å²) in [4.78, 5) is 20.4. The van der Waals surface area contributed by atoms with Crippen molar-refractivity contribution in [3.8, 4) is 46.0 Å². The Morgan fingerprint density at radius 3 is 2.81 bits per heavy atom. The second-order valence-corrected chi connectivity index (χ2v) is 7.13. The second kappa shape index (κ2) is 8.04. The van der Waals surface area contributed by atoms with Crippen LogP contribution in [-0.4, -0.2) is 36.1 Å². The first-order chi connectivity index (χ1) is 15.7. The van der Waals surface area contributed by atoms with Crippen LogP contribution in [0.25, 0.3) is 33.8 Å². The molecule has 1 aliphatic rings. The van der Waals surface area contributed by atoms with Crippen molar-refractivity contribution >= 4 is 17.4 Å². The Balaban J connectivity index is 1.57. The van der Waals surface area contributed by atoms with Crippen LogP contribution >= 0.6 is 0 Å². The highest BCUT2D eigenvalue weighted by Crippen LogP contribution is 2.37. The van der Waals surface area contributed by atoms with E-state index in [0.29, 0.717) is 53.5 Å². The third kappa shape index (κ3) is 3.40. The van der Waals surface area contributed by atoms with Gasteiger partial charge in [0.25, 0.3) is 0 Å². The zero-order valence-corrected chi connectivity index (χ0v) is 17.1. The summed E-state index contributed by atoms with van der Waals surface area (Å²) in [6.07, 6.45) is 2.36. The van der Waals surface area contributed by atoms with E-state index in [9.17, 15) is 4.79 Å². The molecule has 8 nitrogen and oxygen atoms in total. The third-order valence-electron chi connectivity index (χ3n) is 5.20. The van der Waals surface area contributed by atoms with Gasteiger partial charge in [-0.1, -0.05) is 6.07 Å². The standard InChI is InChI=1S/C24H17N3O5/c1-14-17(15-2-3-19-22(11-15)31-9-8-30-19)4-6-26-23(14)24-27-18-10-16(13-28)20(29-7-5-25)12-21(18)32-24/h2-4,6,10-13H,7-9H2,1H3. The molecule has 32 heavy (non-hydrogen) atoms. The van der Waals surface area contributed by atoms with Gasteiger partial charge in [-0.15, -0.1) is 0 Å². The molecule has 0 fully saturated rings. The lowest BCUT2D eigenvalue weighted by Gasteiger charge is -2.19. The molecule has 3 heterocycles. The fourth-order valence-corrected chi connectivity index (χ4v) is 3.67. The molecule has 0 atom stereocenters. The fraction of sp³-hybridized carbons (Fsp3) is 0.167. The number of fused-ring (bicyclic) bond motifs is 2. The van der Waals surface area contributed by atoms with Gasteiger partial charge in [0.2, 0.25) is 5.89 Å². The number of carbonyl (C=O) groups is 1. The van der Waals surface area contributed by atoms with Gasteiger partial charge in [-0.2, -0.15) is 5.26 Å². The van der Waals surface area contributed by atoms with E-state index in [1.165, 1.54) is 0 Å². The summed E-state index contributed by atoms with van der Waals surface area (Å²) >= 11 is 0. The van der Waals surface area contributed by atoms with Gasteiger partial charge in [0, 0.05) is 12.3 Å². The lowest BCUT2D eigenvalue weighted by molar-refractivity contribution is 0.112. The zero-order valence-electron chi connectivity index (χ0n) is 17.1. The van der Waals surface area contributed by atoms with Crippen LogP contribution in [0.2, 0.25) is 0 Å². The van der Waals surface area contributed by atoms with Crippen LogP contribution in [0.5, 0.6) is 17.2 Å². The van der Waals surface area contributed by atoms with Crippen molar-refractivity contribution in [3.63, 3.8) is 0 Å². The molecule has 8 heteroatoms. The highest BCUT2D eigenvalue weighted by Gasteiger charge is 2.19. The van der Waals surface area contributed by atoms with Gasteiger partial charge in [0.1, 0.15) is 36.2 Å². The van der Waals surface area contributed by atoms with E-state index >= 15 is 0 Å². The maximum absolute atomic E-state index is 11.4. The summed E-state index contributed by atoms with van der Waals surface area (Å²) in [6, 6.07) is 12.8. The summed E-state index contributed by atoms with van der Waals surface area (Å²) in [7, 11) is 0. The zero-order chi connectivity index (χ0) is 22.1. The Morgan fingerprint density at radius 2 is 2.00 bits per heavy atom. The Labute approximate surface area is 183 Å². The topological polar surface area (TPSA) is 107 Å². The van der Waals surface area contributed by atoms with Gasteiger partial charge in [-0.05, 0) is 47.9 Å². The van der Waals surface area contributed by atoms with Gasteiger partial charge in [-0.3, -0.25) is 9.78 Å². The lowest BCUT2D eigenvalue weighted by Crippen LogP contribution is -2.15. The monoisotopic (exact) mass is 427 g/mol. The smallest absolute Gasteiger partial charge is 0.246 e. The van der Waals surface area contributed by atoms with Crippen molar-refractivity contribution in [2.24, 2.45) is 0 Å². The van der Waals surface area contributed by atoms with Crippen molar-refractivity contribution in [2.75, 3.05) is 19.8 Å². The van der Waals surface area contributed by atoms with E-state index in [1.807, 2.05) is 37.3 Å². The normalized spacial score (nSPS) is 12.4. The molecule has 158 valence electrons. The summed E-state index contributed by atoms with van der Waals surface area (Å²) in [5.41, 5.74) is 4.61. The van der Waals surface area contributed by atoms with Crippen molar-refractivity contribution in [2.45, 2.75) is 6.92 Å². The lowest BCUT2D eigenvalue weighted by atomic mass is 9.99. The molecule has 4 aromatic rings. The molecule has 2 aromatic carbocycles. The number of hydrogen-bond donors (Lipinski definition) is 0. The van der Waals surface area contributed by atoms with Gasteiger partial charge >= 0.3 is 0 Å². The van der Waals surface area contributed by atoms with Gasteiger partial charge in [0.15, 0.2) is 30.0 Å². The summed E-state index contributed by atoms with van der Waals surface area (Å²) < 4.78 is 22.6. The minimum Gasteiger partial charge on any atom is -0.486 e. The molecule has 0 saturated heterocycles. The van der Waals surface area contributed by atoms with E-state index in [1.54, 1.807) is 18.3 Å². The van der Waals surface area contributed by atoms with Crippen LogP contribution < -0.4 is 14.2 Å². The number of oxazole rings is 1. The van der Waals surface area contributed by atoms with E-state index < -0.39 is 0 Å². The molecule has 1 aliphatic heterocycles. The SMILES string of the molecule is Cc1c(-c2ccc3c(c2)OCCO3)ccnc1-c1nc2cc(C=O)c(OCC#N)cc2o1. The number of rotatable bonds is 5. The number of carbonyl (C=O) groups excluding carboxylic acids is 1. The second-order valence-electron chi connectivity index (χ2n) is 7.13. The van der Waals surface area contributed by atoms with Gasteiger partial charge in [-0.25, -0.2) is 4.98 Å². The quantitative estimate of drug-likeness (QED) is 0.433. The molecular weight excluding hydrogens is 410 g/mol. The summed E-state index contributed by atoms with van der Waals surface area (Å²) in [5.74, 6) is 2.03. The molecule has 0 bridgehead atoms. The van der Waals surface area contributed by atoms with Gasteiger partial charge in [0.05, 0.1) is 5.56 Å². The molecule has 0 spiro atoms. The summed E-state index contributed by atoms with van der Waals surface area (Å²) in [6.45, 7) is 2.83. The van der Waals surface area contributed by atoms with E-state index in [4.69, 9.17) is 23.9 Å². The van der Waals surface area contributed by atoms with Crippen molar-refractivity contribution in [1.29, 1.82) is 5.26 Å². The number of nitriles is 1. The average molecular weight is 427 g/mol. The Bertz CT molecular complexity index is 1390. The molecule has 0 saturated carbocycles. The molecule has 0 radical (unpaired) electrons. The molecule has 5 rings (SSSR count).